The normalized spacial score (nSPS) is 20.0. The van der Waals surface area contributed by atoms with Crippen molar-refractivity contribution in [1.82, 2.24) is 0 Å². The minimum atomic E-state index is -0.157. The van der Waals surface area contributed by atoms with Gasteiger partial charge in [-0.1, -0.05) is 36.4 Å². The summed E-state index contributed by atoms with van der Waals surface area (Å²) in [6, 6.07) is 23.5. The lowest BCUT2D eigenvalue weighted by molar-refractivity contribution is 0.501. The highest BCUT2D eigenvalue weighted by Crippen LogP contribution is 2.59. The number of benzene rings is 2. The Hall–Kier alpha value is -1.78. The fourth-order valence-corrected chi connectivity index (χ4v) is 8.31. The molecule has 0 N–H and O–H groups in total. The third-order valence-electron chi connectivity index (χ3n) is 6.81. The Bertz CT molecular complexity index is 900. The van der Waals surface area contributed by atoms with Gasteiger partial charge in [-0.05, 0) is 71.4 Å². The second kappa shape index (κ2) is 5.12. The van der Waals surface area contributed by atoms with Gasteiger partial charge in [0.05, 0.1) is 0 Å². The minimum Gasteiger partial charge on any atom is -0.206 e. The van der Waals surface area contributed by atoms with E-state index in [2.05, 4.69) is 60.7 Å². The fourth-order valence-electron chi connectivity index (χ4n) is 5.89. The third kappa shape index (κ3) is 1.90. The molecule has 6 rings (SSSR count). The van der Waals surface area contributed by atoms with Gasteiger partial charge in [-0.15, -0.1) is 7.92 Å². The summed E-state index contributed by atoms with van der Waals surface area (Å²) >= 11 is 0. The number of hydrogen-bond acceptors (Lipinski definition) is 0. The minimum absolute atomic E-state index is 0.157. The number of rotatable bonds is 1. The summed E-state index contributed by atoms with van der Waals surface area (Å²) in [5, 5.41) is 1.58. The summed E-state index contributed by atoms with van der Waals surface area (Å²) in [6.07, 6.45) is 7.72. The topological polar surface area (TPSA) is 0 Å². The largest absolute Gasteiger partial charge is 0.206 e. The standard InChI is InChI=1S/C24H22P/c1-2-10-21(9-1)25-15-19-7-3-5-17-11-13-24(22(17)19)14-12-18-6-4-8-20(16-25)23(18)24/h1-10H,11-16H2/q-1. The van der Waals surface area contributed by atoms with Crippen molar-refractivity contribution < 1.29 is 0 Å². The van der Waals surface area contributed by atoms with E-state index in [0.717, 1.165) is 0 Å². The smallest absolute Gasteiger partial charge is 0.0220 e. The first-order chi connectivity index (χ1) is 12.4. The molecule has 1 aliphatic heterocycles. The predicted octanol–water partition coefficient (Wildman–Crippen LogP) is 5.41. The molecule has 0 fully saturated rings. The molecule has 124 valence electrons. The molecule has 0 saturated heterocycles. The van der Waals surface area contributed by atoms with E-state index in [-0.39, 0.29) is 7.92 Å². The van der Waals surface area contributed by atoms with Crippen LogP contribution >= 0.6 is 7.92 Å². The van der Waals surface area contributed by atoms with Crippen molar-refractivity contribution in [1.29, 1.82) is 0 Å². The molecule has 1 spiro atoms. The molecule has 0 atom stereocenters. The summed E-state index contributed by atoms with van der Waals surface area (Å²) in [4.78, 5) is 0. The maximum Gasteiger partial charge on any atom is 0.0220 e. The SMILES string of the molecule is c1cc2c3c(c1)CP(c1cc[cH-]c1)Cc1cccc4c1C3(CC2)CC4. The van der Waals surface area contributed by atoms with E-state index in [9.17, 15) is 0 Å². The van der Waals surface area contributed by atoms with Gasteiger partial charge in [0.1, 0.15) is 0 Å². The van der Waals surface area contributed by atoms with Gasteiger partial charge in [-0.2, -0.15) is 23.5 Å². The lowest BCUT2D eigenvalue weighted by Gasteiger charge is -2.36. The van der Waals surface area contributed by atoms with Gasteiger partial charge in [0, 0.05) is 5.41 Å². The molecule has 25 heavy (non-hydrogen) atoms. The zero-order chi connectivity index (χ0) is 16.4. The highest BCUT2D eigenvalue weighted by Gasteiger charge is 2.47. The summed E-state index contributed by atoms with van der Waals surface area (Å²) < 4.78 is 0. The lowest BCUT2D eigenvalue weighted by atomic mass is 9.73. The quantitative estimate of drug-likeness (QED) is 0.410. The average molecular weight is 341 g/mol. The molecule has 0 unspecified atom stereocenters. The highest BCUT2D eigenvalue weighted by molar-refractivity contribution is 7.64. The van der Waals surface area contributed by atoms with Crippen LogP contribution in [-0.2, 0) is 30.6 Å². The van der Waals surface area contributed by atoms with E-state index in [1.807, 2.05) is 0 Å². The van der Waals surface area contributed by atoms with E-state index in [1.54, 1.807) is 38.7 Å². The first-order valence-electron chi connectivity index (χ1n) is 9.54. The summed E-state index contributed by atoms with van der Waals surface area (Å²) in [7, 11) is -0.157. The first kappa shape index (κ1) is 14.4. The van der Waals surface area contributed by atoms with E-state index in [4.69, 9.17) is 0 Å². The second-order valence-electron chi connectivity index (χ2n) is 7.98. The van der Waals surface area contributed by atoms with Crippen molar-refractivity contribution in [3.8, 4) is 0 Å². The molecule has 0 saturated carbocycles. The van der Waals surface area contributed by atoms with Gasteiger partial charge in [0.2, 0.25) is 0 Å². The molecule has 0 nitrogen and oxygen atoms in total. The van der Waals surface area contributed by atoms with Gasteiger partial charge in [0.25, 0.3) is 0 Å². The number of hydrogen-bond donors (Lipinski definition) is 0. The third-order valence-corrected chi connectivity index (χ3v) is 9.28. The molecule has 1 heteroatoms. The zero-order valence-electron chi connectivity index (χ0n) is 14.5. The summed E-state index contributed by atoms with van der Waals surface area (Å²) in [5.74, 6) is 0. The Kier molecular flexibility index (Phi) is 2.95. The van der Waals surface area contributed by atoms with Crippen LogP contribution in [0.1, 0.15) is 46.2 Å². The van der Waals surface area contributed by atoms with E-state index < -0.39 is 0 Å². The van der Waals surface area contributed by atoms with Crippen LogP contribution in [0, 0.1) is 0 Å². The molecular formula is C24H22P-. The molecule has 0 bridgehead atoms. The van der Waals surface area contributed by atoms with Crippen molar-refractivity contribution in [2.75, 3.05) is 0 Å². The van der Waals surface area contributed by atoms with Crippen molar-refractivity contribution in [2.45, 2.75) is 43.4 Å². The zero-order valence-corrected chi connectivity index (χ0v) is 15.4. The predicted molar refractivity (Wildman–Crippen MR) is 106 cm³/mol. The summed E-state index contributed by atoms with van der Waals surface area (Å²) in [5.41, 5.74) is 10.4. The van der Waals surface area contributed by atoms with Gasteiger partial charge >= 0.3 is 0 Å². The molecule has 1 heterocycles. The Morgan fingerprint density at radius 1 is 0.760 bits per heavy atom. The maximum absolute atomic E-state index is 2.44. The van der Waals surface area contributed by atoms with Crippen LogP contribution in [0.5, 0.6) is 0 Å². The molecule has 2 aliphatic carbocycles. The van der Waals surface area contributed by atoms with Crippen LogP contribution < -0.4 is 5.30 Å². The van der Waals surface area contributed by atoms with Crippen molar-refractivity contribution in [2.24, 2.45) is 0 Å². The summed E-state index contributed by atoms with van der Waals surface area (Å²) in [6.45, 7) is 0. The number of aryl methyl sites for hydroxylation is 2. The van der Waals surface area contributed by atoms with E-state index in [1.165, 1.54) is 38.0 Å². The Balaban J connectivity index is 1.65. The van der Waals surface area contributed by atoms with Crippen LogP contribution in [0.15, 0.2) is 60.7 Å². The van der Waals surface area contributed by atoms with Crippen LogP contribution in [0.25, 0.3) is 0 Å². The average Bonchev–Trinajstić information content (AvgIpc) is 3.35. The Morgan fingerprint density at radius 3 is 1.92 bits per heavy atom. The maximum atomic E-state index is 2.44. The van der Waals surface area contributed by atoms with Crippen LogP contribution in [0.4, 0.5) is 0 Å². The van der Waals surface area contributed by atoms with Crippen molar-refractivity contribution in [3.63, 3.8) is 0 Å². The molecular weight excluding hydrogens is 319 g/mol. The van der Waals surface area contributed by atoms with Crippen LogP contribution in [-0.4, -0.2) is 0 Å². The Morgan fingerprint density at radius 2 is 1.36 bits per heavy atom. The highest BCUT2D eigenvalue weighted by atomic mass is 31.1. The fraction of sp³-hybridized carbons (Fsp3) is 0.292. The first-order valence-corrected chi connectivity index (χ1v) is 11.3. The van der Waals surface area contributed by atoms with E-state index >= 15 is 0 Å². The van der Waals surface area contributed by atoms with Gasteiger partial charge in [-0.25, -0.2) is 6.07 Å². The molecule has 3 aromatic rings. The van der Waals surface area contributed by atoms with Crippen molar-refractivity contribution >= 4 is 13.2 Å². The molecule has 3 aromatic carbocycles. The van der Waals surface area contributed by atoms with Crippen LogP contribution in [0.2, 0.25) is 0 Å². The van der Waals surface area contributed by atoms with Gasteiger partial charge < -0.3 is 0 Å². The van der Waals surface area contributed by atoms with E-state index in [0.29, 0.717) is 5.41 Å². The molecule has 0 aromatic heterocycles. The molecule has 3 aliphatic rings. The van der Waals surface area contributed by atoms with Crippen LogP contribution in [0.3, 0.4) is 0 Å². The Labute approximate surface area is 151 Å². The molecule has 0 radical (unpaired) electrons. The molecule has 0 amide bonds. The second-order valence-corrected chi connectivity index (χ2v) is 10.2. The van der Waals surface area contributed by atoms with Crippen molar-refractivity contribution in [3.05, 3.63) is 94.0 Å². The van der Waals surface area contributed by atoms with Gasteiger partial charge in [-0.3, -0.25) is 0 Å². The monoisotopic (exact) mass is 341 g/mol. The lowest BCUT2D eigenvalue weighted by Crippen LogP contribution is -2.26. The van der Waals surface area contributed by atoms with Gasteiger partial charge in [0.15, 0.2) is 0 Å².